The molecule has 2 nitrogen and oxygen atoms in total. The first-order valence-corrected chi connectivity index (χ1v) is 6.46. The minimum Gasteiger partial charge on any atom is -0.353 e. The Morgan fingerprint density at radius 3 is 2.41 bits per heavy atom. The standard InChI is InChI=1S/C14H10INO/c1-8-4-2-5-9-12(8)16-13-10(14(9)17)6-3-7-11(13)15/h2-7H,1H3,(H,16,17). The summed E-state index contributed by atoms with van der Waals surface area (Å²) in [5.41, 5.74) is 3.08. The van der Waals surface area contributed by atoms with E-state index in [1.165, 1.54) is 0 Å². The first-order valence-electron chi connectivity index (χ1n) is 5.38. The van der Waals surface area contributed by atoms with Crippen molar-refractivity contribution in [3.8, 4) is 0 Å². The van der Waals surface area contributed by atoms with Crippen LogP contribution in [0.1, 0.15) is 5.56 Å². The number of hydrogen-bond acceptors (Lipinski definition) is 1. The second kappa shape index (κ2) is 3.84. The van der Waals surface area contributed by atoms with E-state index in [2.05, 4.69) is 27.6 Å². The third kappa shape index (κ3) is 1.57. The number of aromatic amines is 1. The van der Waals surface area contributed by atoms with Gasteiger partial charge in [-0.15, -0.1) is 0 Å². The lowest BCUT2D eigenvalue weighted by atomic mass is 10.1. The zero-order valence-electron chi connectivity index (χ0n) is 9.25. The van der Waals surface area contributed by atoms with Crippen molar-refractivity contribution in [2.75, 3.05) is 0 Å². The van der Waals surface area contributed by atoms with Gasteiger partial charge in [0.25, 0.3) is 0 Å². The number of pyridine rings is 1. The van der Waals surface area contributed by atoms with Crippen LogP contribution in [0.3, 0.4) is 0 Å². The average molecular weight is 335 g/mol. The summed E-state index contributed by atoms with van der Waals surface area (Å²) >= 11 is 2.25. The number of hydrogen-bond donors (Lipinski definition) is 1. The van der Waals surface area contributed by atoms with E-state index < -0.39 is 0 Å². The van der Waals surface area contributed by atoms with E-state index in [0.717, 1.165) is 30.9 Å². The van der Waals surface area contributed by atoms with Gasteiger partial charge < -0.3 is 4.98 Å². The van der Waals surface area contributed by atoms with Crippen molar-refractivity contribution in [2.45, 2.75) is 6.92 Å². The molecule has 3 rings (SSSR count). The number of rotatable bonds is 0. The lowest BCUT2D eigenvalue weighted by Crippen LogP contribution is -2.05. The van der Waals surface area contributed by atoms with Gasteiger partial charge >= 0.3 is 0 Å². The monoisotopic (exact) mass is 335 g/mol. The molecule has 0 aliphatic carbocycles. The summed E-state index contributed by atoms with van der Waals surface area (Å²) in [5.74, 6) is 0. The molecule has 1 N–H and O–H groups in total. The summed E-state index contributed by atoms with van der Waals surface area (Å²) in [6, 6.07) is 11.6. The van der Waals surface area contributed by atoms with Crippen LogP contribution in [-0.4, -0.2) is 4.98 Å². The molecule has 0 aliphatic heterocycles. The highest BCUT2D eigenvalue weighted by Gasteiger charge is 2.08. The van der Waals surface area contributed by atoms with E-state index in [-0.39, 0.29) is 5.43 Å². The second-order valence-electron chi connectivity index (χ2n) is 4.11. The topological polar surface area (TPSA) is 32.9 Å². The van der Waals surface area contributed by atoms with Crippen LogP contribution in [0.25, 0.3) is 21.8 Å². The maximum Gasteiger partial charge on any atom is 0.197 e. The zero-order chi connectivity index (χ0) is 12.0. The summed E-state index contributed by atoms with van der Waals surface area (Å²) in [7, 11) is 0. The molecule has 0 bridgehead atoms. The van der Waals surface area contributed by atoms with E-state index in [0.29, 0.717) is 0 Å². The highest BCUT2D eigenvalue weighted by Crippen LogP contribution is 2.21. The molecule has 0 unspecified atom stereocenters. The van der Waals surface area contributed by atoms with Gasteiger partial charge in [0.1, 0.15) is 0 Å². The Morgan fingerprint density at radius 1 is 1.00 bits per heavy atom. The maximum atomic E-state index is 12.4. The van der Waals surface area contributed by atoms with E-state index in [1.54, 1.807) is 0 Å². The number of benzene rings is 2. The lowest BCUT2D eigenvalue weighted by Gasteiger charge is -2.06. The van der Waals surface area contributed by atoms with Crippen molar-refractivity contribution in [1.82, 2.24) is 4.98 Å². The molecule has 2 aromatic carbocycles. The van der Waals surface area contributed by atoms with Gasteiger partial charge in [0.15, 0.2) is 5.43 Å². The van der Waals surface area contributed by atoms with Crippen LogP contribution in [0.2, 0.25) is 0 Å². The number of para-hydroxylation sites is 2. The van der Waals surface area contributed by atoms with Crippen molar-refractivity contribution >= 4 is 44.4 Å². The number of fused-ring (bicyclic) bond motifs is 2. The average Bonchev–Trinajstić information content (AvgIpc) is 2.32. The van der Waals surface area contributed by atoms with E-state index >= 15 is 0 Å². The zero-order valence-corrected chi connectivity index (χ0v) is 11.4. The smallest absolute Gasteiger partial charge is 0.197 e. The number of nitrogens with one attached hydrogen (secondary N) is 1. The van der Waals surface area contributed by atoms with Gasteiger partial charge in [0.05, 0.1) is 11.0 Å². The highest BCUT2D eigenvalue weighted by atomic mass is 127. The summed E-state index contributed by atoms with van der Waals surface area (Å²) < 4.78 is 1.07. The molecule has 0 saturated heterocycles. The van der Waals surface area contributed by atoms with Crippen molar-refractivity contribution in [1.29, 1.82) is 0 Å². The van der Waals surface area contributed by atoms with E-state index in [9.17, 15) is 4.79 Å². The molecule has 84 valence electrons. The molecular formula is C14H10INO. The summed E-state index contributed by atoms with van der Waals surface area (Å²) in [6.07, 6.45) is 0. The van der Waals surface area contributed by atoms with Crippen LogP contribution in [-0.2, 0) is 0 Å². The molecule has 0 fully saturated rings. The Kier molecular flexibility index (Phi) is 2.43. The molecular weight excluding hydrogens is 325 g/mol. The predicted molar refractivity (Wildman–Crippen MR) is 79.5 cm³/mol. The quantitative estimate of drug-likeness (QED) is 0.494. The van der Waals surface area contributed by atoms with Gasteiger partial charge in [-0.3, -0.25) is 4.79 Å². The summed E-state index contributed by atoms with van der Waals surface area (Å²) in [4.78, 5) is 15.7. The largest absolute Gasteiger partial charge is 0.353 e. The fourth-order valence-corrected chi connectivity index (χ4v) is 2.77. The van der Waals surface area contributed by atoms with Crippen LogP contribution in [0.5, 0.6) is 0 Å². The Balaban J connectivity index is 2.68. The number of aromatic nitrogens is 1. The molecule has 0 amide bonds. The van der Waals surface area contributed by atoms with Crippen LogP contribution in [0.4, 0.5) is 0 Å². The Morgan fingerprint density at radius 2 is 1.65 bits per heavy atom. The van der Waals surface area contributed by atoms with Gasteiger partial charge in [0, 0.05) is 14.3 Å². The molecule has 0 aliphatic rings. The van der Waals surface area contributed by atoms with E-state index in [1.807, 2.05) is 43.3 Å². The minimum atomic E-state index is 0.107. The van der Waals surface area contributed by atoms with Gasteiger partial charge in [0.2, 0.25) is 0 Å². The highest BCUT2D eigenvalue weighted by molar-refractivity contribution is 14.1. The van der Waals surface area contributed by atoms with Crippen molar-refractivity contribution in [3.05, 3.63) is 55.8 Å². The fourth-order valence-electron chi connectivity index (χ4n) is 2.13. The molecule has 17 heavy (non-hydrogen) atoms. The molecule has 0 spiro atoms. The molecule has 3 heteroatoms. The molecule has 1 heterocycles. The third-order valence-electron chi connectivity index (χ3n) is 3.03. The summed E-state index contributed by atoms with van der Waals surface area (Å²) in [5, 5.41) is 1.52. The van der Waals surface area contributed by atoms with Crippen LogP contribution in [0, 0.1) is 10.5 Å². The first-order chi connectivity index (χ1) is 8.18. The lowest BCUT2D eigenvalue weighted by molar-refractivity contribution is 1.40. The maximum absolute atomic E-state index is 12.4. The SMILES string of the molecule is Cc1cccc2c(=O)c3cccc(I)c3[nH]c12. The molecule has 0 atom stereocenters. The second-order valence-corrected chi connectivity index (χ2v) is 5.28. The van der Waals surface area contributed by atoms with Gasteiger partial charge in [-0.25, -0.2) is 0 Å². The molecule has 0 radical (unpaired) electrons. The number of H-pyrrole nitrogens is 1. The van der Waals surface area contributed by atoms with Crippen molar-refractivity contribution in [2.24, 2.45) is 0 Å². The van der Waals surface area contributed by atoms with Crippen LogP contribution in [0.15, 0.2) is 41.2 Å². The third-order valence-corrected chi connectivity index (χ3v) is 3.92. The Bertz CT molecular complexity index is 726. The normalized spacial score (nSPS) is 11.2. The summed E-state index contributed by atoms with van der Waals surface area (Å²) in [6.45, 7) is 2.01. The Hall–Kier alpha value is -1.36. The first kappa shape index (κ1) is 10.8. The Labute approximate surface area is 112 Å². The minimum absolute atomic E-state index is 0.107. The van der Waals surface area contributed by atoms with E-state index in [4.69, 9.17) is 0 Å². The predicted octanol–water partition coefficient (Wildman–Crippen LogP) is 3.59. The van der Waals surface area contributed by atoms with Crippen LogP contribution >= 0.6 is 22.6 Å². The molecule has 3 aromatic rings. The van der Waals surface area contributed by atoms with Crippen molar-refractivity contribution in [3.63, 3.8) is 0 Å². The number of aryl methyl sites for hydroxylation is 1. The van der Waals surface area contributed by atoms with Crippen molar-refractivity contribution < 1.29 is 0 Å². The number of halogens is 1. The van der Waals surface area contributed by atoms with Gasteiger partial charge in [-0.1, -0.05) is 18.2 Å². The van der Waals surface area contributed by atoms with Gasteiger partial charge in [-0.05, 0) is 53.3 Å². The molecule has 0 saturated carbocycles. The fraction of sp³-hybridized carbons (Fsp3) is 0.0714. The van der Waals surface area contributed by atoms with Crippen LogP contribution < -0.4 is 5.43 Å². The van der Waals surface area contributed by atoms with Gasteiger partial charge in [-0.2, -0.15) is 0 Å². The molecule has 1 aromatic heterocycles.